The van der Waals surface area contributed by atoms with Gasteiger partial charge in [-0.3, -0.25) is 0 Å². The lowest BCUT2D eigenvalue weighted by Crippen LogP contribution is -2.25. The Morgan fingerprint density at radius 3 is 1.39 bits per heavy atom. The van der Waals surface area contributed by atoms with Crippen LogP contribution in [-0.2, 0) is 5.41 Å². The van der Waals surface area contributed by atoms with E-state index in [0.29, 0.717) is 0 Å². The van der Waals surface area contributed by atoms with Gasteiger partial charge in [-0.05, 0) is 25.0 Å². The molecular formula is C22H34O. The van der Waals surface area contributed by atoms with E-state index in [-0.39, 0.29) is 12.8 Å². The van der Waals surface area contributed by atoms with Crippen LogP contribution in [0.25, 0.3) is 0 Å². The first-order chi connectivity index (χ1) is 10.5. The molecule has 1 heterocycles. The Kier molecular flexibility index (Phi) is 8.09. The zero-order chi connectivity index (χ0) is 16.9. The maximum absolute atomic E-state index is 6.17. The van der Waals surface area contributed by atoms with E-state index in [1.807, 2.05) is 27.7 Å². The first-order valence-corrected chi connectivity index (χ1v) is 8.40. The minimum absolute atomic E-state index is 0. The number of benzene rings is 2. The first-order valence-electron chi connectivity index (χ1n) is 8.40. The SMILES string of the molecule is C.CC.CC.Cc1cccc2c1Oc1c(C)cccc1C2(C)C. The summed E-state index contributed by atoms with van der Waals surface area (Å²) in [6, 6.07) is 12.8. The van der Waals surface area contributed by atoms with E-state index in [2.05, 4.69) is 64.1 Å². The van der Waals surface area contributed by atoms with Crippen LogP contribution in [0.2, 0.25) is 0 Å². The molecule has 1 nitrogen and oxygen atoms in total. The zero-order valence-electron chi connectivity index (χ0n) is 15.4. The maximum Gasteiger partial charge on any atom is 0.134 e. The topological polar surface area (TPSA) is 9.23 Å². The normalized spacial score (nSPS) is 12.7. The molecule has 0 radical (unpaired) electrons. The van der Waals surface area contributed by atoms with Gasteiger partial charge < -0.3 is 4.74 Å². The number of fused-ring (bicyclic) bond motifs is 2. The minimum atomic E-state index is 0. The smallest absolute Gasteiger partial charge is 0.134 e. The number of ether oxygens (including phenoxy) is 1. The summed E-state index contributed by atoms with van der Waals surface area (Å²) < 4.78 is 6.17. The Balaban J connectivity index is 0.000000901. The van der Waals surface area contributed by atoms with Gasteiger partial charge in [0.2, 0.25) is 0 Å². The summed E-state index contributed by atoms with van der Waals surface area (Å²) in [6.45, 7) is 16.8. The lowest BCUT2D eigenvalue weighted by Gasteiger charge is -2.35. The fourth-order valence-electron chi connectivity index (χ4n) is 2.81. The standard InChI is InChI=1S/C17H18O.2C2H6.CH4/c1-11-7-5-9-13-15(11)18-16-12(2)8-6-10-14(16)17(13,3)4;2*1-2;/h5-10H,1-4H3;2*1-2H3;1H4. The highest BCUT2D eigenvalue weighted by atomic mass is 16.5. The van der Waals surface area contributed by atoms with Crippen molar-refractivity contribution in [3.05, 3.63) is 58.7 Å². The van der Waals surface area contributed by atoms with Crippen molar-refractivity contribution < 1.29 is 4.74 Å². The number of hydrogen-bond acceptors (Lipinski definition) is 1. The molecule has 0 aromatic heterocycles. The molecule has 0 amide bonds. The predicted molar refractivity (Wildman–Crippen MR) is 104 cm³/mol. The molecule has 0 bridgehead atoms. The summed E-state index contributed by atoms with van der Waals surface area (Å²) in [5, 5.41) is 0. The van der Waals surface area contributed by atoms with Gasteiger partial charge in [0.25, 0.3) is 0 Å². The Morgan fingerprint density at radius 2 is 1.04 bits per heavy atom. The summed E-state index contributed by atoms with van der Waals surface area (Å²) in [5.74, 6) is 2.06. The molecule has 0 fully saturated rings. The number of aryl methyl sites for hydroxylation is 2. The van der Waals surface area contributed by atoms with Crippen molar-refractivity contribution in [2.45, 2.75) is 68.2 Å². The van der Waals surface area contributed by atoms with Crippen molar-refractivity contribution in [2.75, 3.05) is 0 Å². The average Bonchev–Trinajstić information content (AvgIpc) is 2.54. The van der Waals surface area contributed by atoms with Crippen LogP contribution >= 0.6 is 0 Å². The average molecular weight is 315 g/mol. The molecule has 128 valence electrons. The monoisotopic (exact) mass is 314 g/mol. The molecule has 2 aromatic rings. The minimum Gasteiger partial charge on any atom is -0.456 e. The van der Waals surface area contributed by atoms with Crippen LogP contribution < -0.4 is 4.74 Å². The van der Waals surface area contributed by atoms with Gasteiger partial charge >= 0.3 is 0 Å². The van der Waals surface area contributed by atoms with E-state index in [9.17, 15) is 0 Å². The quantitative estimate of drug-likeness (QED) is 0.491. The van der Waals surface area contributed by atoms with E-state index in [1.54, 1.807) is 0 Å². The van der Waals surface area contributed by atoms with Gasteiger partial charge in [-0.2, -0.15) is 0 Å². The largest absolute Gasteiger partial charge is 0.456 e. The fourth-order valence-corrected chi connectivity index (χ4v) is 2.81. The fraction of sp³-hybridized carbons (Fsp3) is 0.455. The van der Waals surface area contributed by atoms with Gasteiger partial charge in [0, 0.05) is 16.5 Å². The molecule has 1 heteroatoms. The second-order valence-corrected chi connectivity index (χ2v) is 5.63. The molecule has 2 aromatic carbocycles. The van der Waals surface area contributed by atoms with Gasteiger partial charge in [0.05, 0.1) is 0 Å². The third-order valence-electron chi connectivity index (χ3n) is 3.97. The molecule has 1 aliphatic heterocycles. The van der Waals surface area contributed by atoms with E-state index >= 15 is 0 Å². The Bertz CT molecular complexity index is 570. The van der Waals surface area contributed by atoms with Crippen LogP contribution in [0.15, 0.2) is 36.4 Å². The van der Waals surface area contributed by atoms with Gasteiger partial charge in [0.15, 0.2) is 0 Å². The maximum atomic E-state index is 6.17. The molecule has 3 rings (SSSR count). The van der Waals surface area contributed by atoms with Crippen LogP contribution in [0.5, 0.6) is 11.5 Å². The second-order valence-electron chi connectivity index (χ2n) is 5.63. The molecule has 0 saturated heterocycles. The molecule has 0 atom stereocenters. The molecule has 23 heavy (non-hydrogen) atoms. The third kappa shape index (κ3) is 3.77. The van der Waals surface area contributed by atoms with Crippen molar-refractivity contribution in [1.82, 2.24) is 0 Å². The molecule has 0 N–H and O–H groups in total. The van der Waals surface area contributed by atoms with Crippen molar-refractivity contribution in [3.63, 3.8) is 0 Å². The Hall–Kier alpha value is -1.76. The van der Waals surface area contributed by atoms with E-state index in [1.165, 1.54) is 22.3 Å². The lowest BCUT2D eigenvalue weighted by molar-refractivity contribution is 0.412. The Labute approximate surface area is 143 Å². The molecule has 0 unspecified atom stereocenters. The lowest BCUT2D eigenvalue weighted by atomic mass is 9.74. The zero-order valence-corrected chi connectivity index (χ0v) is 15.4. The van der Waals surface area contributed by atoms with Crippen LogP contribution in [-0.4, -0.2) is 0 Å². The van der Waals surface area contributed by atoms with Crippen molar-refractivity contribution >= 4 is 0 Å². The number of rotatable bonds is 0. The molecule has 1 aliphatic rings. The highest BCUT2D eigenvalue weighted by Gasteiger charge is 2.35. The van der Waals surface area contributed by atoms with Crippen LogP contribution in [0.1, 0.15) is 71.2 Å². The number of para-hydroxylation sites is 2. The second kappa shape index (κ2) is 8.76. The van der Waals surface area contributed by atoms with Gasteiger partial charge in [-0.15, -0.1) is 0 Å². The van der Waals surface area contributed by atoms with E-state index in [4.69, 9.17) is 4.74 Å². The summed E-state index contributed by atoms with van der Waals surface area (Å²) in [6.07, 6.45) is 0. The van der Waals surface area contributed by atoms with Crippen molar-refractivity contribution in [1.29, 1.82) is 0 Å². The van der Waals surface area contributed by atoms with Gasteiger partial charge in [0.1, 0.15) is 11.5 Å². The van der Waals surface area contributed by atoms with E-state index in [0.717, 1.165) is 11.5 Å². The predicted octanol–water partition coefficient (Wildman–Crippen LogP) is 7.42. The van der Waals surface area contributed by atoms with Gasteiger partial charge in [-0.25, -0.2) is 0 Å². The molecule has 0 saturated carbocycles. The van der Waals surface area contributed by atoms with E-state index < -0.39 is 0 Å². The summed E-state index contributed by atoms with van der Waals surface area (Å²) in [7, 11) is 0. The number of hydrogen-bond donors (Lipinski definition) is 0. The molecule has 0 aliphatic carbocycles. The molecule has 0 spiro atoms. The summed E-state index contributed by atoms with van der Waals surface area (Å²) in [5.41, 5.74) is 4.96. The highest BCUT2D eigenvalue weighted by molar-refractivity contribution is 5.60. The third-order valence-corrected chi connectivity index (χ3v) is 3.97. The molecular weight excluding hydrogens is 280 g/mol. The summed E-state index contributed by atoms with van der Waals surface area (Å²) in [4.78, 5) is 0. The summed E-state index contributed by atoms with van der Waals surface area (Å²) >= 11 is 0. The Morgan fingerprint density at radius 1 is 0.696 bits per heavy atom. The van der Waals surface area contributed by atoms with Crippen molar-refractivity contribution in [2.24, 2.45) is 0 Å². The highest BCUT2D eigenvalue weighted by Crippen LogP contribution is 2.49. The first kappa shape index (κ1) is 21.2. The van der Waals surface area contributed by atoms with Crippen LogP contribution in [0.3, 0.4) is 0 Å². The van der Waals surface area contributed by atoms with Crippen LogP contribution in [0.4, 0.5) is 0 Å². The van der Waals surface area contributed by atoms with Crippen molar-refractivity contribution in [3.8, 4) is 11.5 Å². The van der Waals surface area contributed by atoms with Gasteiger partial charge in [-0.1, -0.05) is 85.4 Å². The van der Waals surface area contributed by atoms with Crippen LogP contribution in [0, 0.1) is 13.8 Å².